The Morgan fingerprint density at radius 2 is 2.12 bits per heavy atom. The molecule has 1 atom stereocenters. The van der Waals surface area contributed by atoms with Gasteiger partial charge in [-0.1, -0.05) is 36.4 Å². The van der Waals surface area contributed by atoms with E-state index >= 15 is 0 Å². The van der Waals surface area contributed by atoms with Crippen molar-refractivity contribution < 1.29 is 4.74 Å². The highest BCUT2D eigenvalue weighted by atomic mass is 16.5. The number of rotatable bonds is 2. The lowest BCUT2D eigenvalue weighted by Crippen LogP contribution is -2.23. The van der Waals surface area contributed by atoms with Crippen LogP contribution in [0.3, 0.4) is 0 Å². The number of hydrogen-bond donors (Lipinski definition) is 0. The van der Waals surface area contributed by atoms with Gasteiger partial charge in [0.2, 0.25) is 0 Å². The molecule has 1 heteroatoms. The first-order valence-electron chi connectivity index (χ1n) is 6.52. The highest BCUT2D eigenvalue weighted by molar-refractivity contribution is 5.35. The number of fused-ring (bicyclic) bond motifs is 1. The van der Waals surface area contributed by atoms with Gasteiger partial charge in [-0.15, -0.1) is 0 Å². The second-order valence-electron chi connectivity index (χ2n) is 4.85. The monoisotopic (exact) mass is 226 g/mol. The molecule has 0 N–H and O–H groups in total. The third-order valence-corrected chi connectivity index (χ3v) is 3.54. The molecule has 0 aromatic heterocycles. The molecule has 1 aromatic rings. The van der Waals surface area contributed by atoms with Gasteiger partial charge in [-0.25, -0.2) is 0 Å². The summed E-state index contributed by atoms with van der Waals surface area (Å²) in [7, 11) is 0. The van der Waals surface area contributed by atoms with Crippen molar-refractivity contribution >= 4 is 0 Å². The summed E-state index contributed by atoms with van der Waals surface area (Å²) in [6.07, 6.45) is 13.0. The van der Waals surface area contributed by atoms with Crippen LogP contribution < -0.4 is 4.74 Å². The second kappa shape index (κ2) is 4.79. The Labute approximate surface area is 103 Å². The van der Waals surface area contributed by atoms with Crippen molar-refractivity contribution in [2.24, 2.45) is 0 Å². The van der Waals surface area contributed by atoms with E-state index in [-0.39, 0.29) is 0 Å². The topological polar surface area (TPSA) is 9.23 Å². The standard InChI is InChI=1S/C16H18O/c1-2-6-13(7-3-1)12-15-11-10-14-8-4-5-9-16(14)17-15/h2,4-9,15H,1,3,10-12H2. The third kappa shape index (κ3) is 2.44. The highest BCUT2D eigenvalue weighted by Crippen LogP contribution is 2.30. The summed E-state index contributed by atoms with van der Waals surface area (Å²) in [5, 5.41) is 0. The van der Waals surface area contributed by atoms with Gasteiger partial charge in [-0.3, -0.25) is 0 Å². The van der Waals surface area contributed by atoms with E-state index in [0.717, 1.165) is 25.0 Å². The molecule has 17 heavy (non-hydrogen) atoms. The Hall–Kier alpha value is -1.50. The SMILES string of the molecule is C1=CC(CC2CCc3ccccc3O2)=CCC1. The summed E-state index contributed by atoms with van der Waals surface area (Å²) >= 11 is 0. The zero-order chi connectivity index (χ0) is 11.5. The van der Waals surface area contributed by atoms with E-state index in [1.54, 1.807) is 0 Å². The zero-order valence-corrected chi connectivity index (χ0v) is 10.1. The fourth-order valence-electron chi connectivity index (χ4n) is 2.61. The van der Waals surface area contributed by atoms with Crippen LogP contribution in [0, 0.1) is 0 Å². The van der Waals surface area contributed by atoms with Gasteiger partial charge in [0.15, 0.2) is 0 Å². The van der Waals surface area contributed by atoms with Crippen molar-refractivity contribution in [1.29, 1.82) is 0 Å². The van der Waals surface area contributed by atoms with Gasteiger partial charge in [-0.05, 0) is 42.9 Å². The summed E-state index contributed by atoms with van der Waals surface area (Å²) in [6, 6.07) is 8.41. The summed E-state index contributed by atoms with van der Waals surface area (Å²) in [6.45, 7) is 0. The molecule has 3 rings (SSSR count). The van der Waals surface area contributed by atoms with Crippen molar-refractivity contribution in [3.8, 4) is 5.75 Å². The number of benzene rings is 1. The van der Waals surface area contributed by atoms with E-state index in [9.17, 15) is 0 Å². The molecule has 1 aliphatic heterocycles. The number of ether oxygens (including phenoxy) is 1. The molecule has 2 aliphatic rings. The number of allylic oxidation sites excluding steroid dienone is 3. The molecule has 0 radical (unpaired) electrons. The van der Waals surface area contributed by atoms with Gasteiger partial charge in [0.1, 0.15) is 11.9 Å². The highest BCUT2D eigenvalue weighted by Gasteiger charge is 2.19. The molecular formula is C16H18O. The number of hydrogen-bond acceptors (Lipinski definition) is 1. The fraction of sp³-hybridized carbons (Fsp3) is 0.375. The normalized spacial score (nSPS) is 22.6. The smallest absolute Gasteiger partial charge is 0.122 e. The Morgan fingerprint density at radius 3 is 3.00 bits per heavy atom. The van der Waals surface area contributed by atoms with Crippen LogP contribution in [0.15, 0.2) is 48.1 Å². The van der Waals surface area contributed by atoms with Gasteiger partial charge < -0.3 is 4.74 Å². The van der Waals surface area contributed by atoms with E-state index < -0.39 is 0 Å². The van der Waals surface area contributed by atoms with Crippen molar-refractivity contribution in [3.05, 3.63) is 53.6 Å². The quantitative estimate of drug-likeness (QED) is 0.739. The minimum absolute atomic E-state index is 0.360. The molecule has 0 amide bonds. The Balaban J connectivity index is 1.68. The number of aryl methyl sites for hydroxylation is 1. The van der Waals surface area contributed by atoms with Crippen LogP contribution in [-0.2, 0) is 6.42 Å². The molecule has 1 aliphatic carbocycles. The lowest BCUT2D eigenvalue weighted by molar-refractivity contribution is 0.174. The van der Waals surface area contributed by atoms with Crippen LogP contribution in [0.5, 0.6) is 5.75 Å². The van der Waals surface area contributed by atoms with Crippen LogP contribution in [0.2, 0.25) is 0 Å². The predicted octanol–water partition coefficient (Wildman–Crippen LogP) is 4.05. The molecule has 0 saturated heterocycles. The molecule has 1 nitrogen and oxygen atoms in total. The van der Waals surface area contributed by atoms with Gasteiger partial charge in [0.25, 0.3) is 0 Å². The maximum atomic E-state index is 6.06. The largest absolute Gasteiger partial charge is 0.490 e. The predicted molar refractivity (Wildman–Crippen MR) is 70.3 cm³/mol. The van der Waals surface area contributed by atoms with Gasteiger partial charge >= 0.3 is 0 Å². The molecule has 0 spiro atoms. The van der Waals surface area contributed by atoms with E-state index in [2.05, 4.69) is 42.5 Å². The summed E-state index contributed by atoms with van der Waals surface area (Å²) in [4.78, 5) is 0. The van der Waals surface area contributed by atoms with Crippen molar-refractivity contribution in [3.63, 3.8) is 0 Å². The van der Waals surface area contributed by atoms with Crippen molar-refractivity contribution in [2.75, 3.05) is 0 Å². The van der Waals surface area contributed by atoms with Gasteiger partial charge in [0, 0.05) is 6.42 Å². The van der Waals surface area contributed by atoms with Crippen molar-refractivity contribution in [2.45, 2.75) is 38.2 Å². The summed E-state index contributed by atoms with van der Waals surface area (Å²) < 4.78 is 6.06. The molecular weight excluding hydrogens is 208 g/mol. The maximum Gasteiger partial charge on any atom is 0.122 e. The van der Waals surface area contributed by atoms with E-state index in [1.807, 2.05) is 0 Å². The molecule has 0 saturated carbocycles. The molecule has 88 valence electrons. The van der Waals surface area contributed by atoms with Crippen LogP contribution in [-0.4, -0.2) is 6.10 Å². The number of para-hydroxylation sites is 1. The Kier molecular flexibility index (Phi) is 3.00. The molecule has 0 bridgehead atoms. The third-order valence-electron chi connectivity index (χ3n) is 3.54. The first-order valence-corrected chi connectivity index (χ1v) is 6.52. The average molecular weight is 226 g/mol. The van der Waals surface area contributed by atoms with Gasteiger partial charge in [0.05, 0.1) is 0 Å². The summed E-state index contributed by atoms with van der Waals surface area (Å²) in [5.74, 6) is 1.09. The van der Waals surface area contributed by atoms with E-state index in [1.165, 1.54) is 24.0 Å². The van der Waals surface area contributed by atoms with Crippen molar-refractivity contribution in [1.82, 2.24) is 0 Å². The first-order chi connectivity index (χ1) is 8.42. The molecule has 1 unspecified atom stereocenters. The molecule has 0 fully saturated rings. The van der Waals surface area contributed by atoms with Crippen LogP contribution in [0.4, 0.5) is 0 Å². The fourth-order valence-corrected chi connectivity index (χ4v) is 2.61. The maximum absolute atomic E-state index is 6.06. The van der Waals surface area contributed by atoms with E-state index in [0.29, 0.717) is 6.10 Å². The lowest BCUT2D eigenvalue weighted by atomic mass is 9.95. The molecule has 1 heterocycles. The van der Waals surface area contributed by atoms with Crippen LogP contribution in [0.25, 0.3) is 0 Å². The average Bonchev–Trinajstić information content (AvgIpc) is 2.40. The van der Waals surface area contributed by atoms with E-state index in [4.69, 9.17) is 4.74 Å². The van der Waals surface area contributed by atoms with Gasteiger partial charge in [-0.2, -0.15) is 0 Å². The Morgan fingerprint density at radius 1 is 1.18 bits per heavy atom. The minimum Gasteiger partial charge on any atom is -0.490 e. The molecule has 1 aromatic carbocycles. The lowest BCUT2D eigenvalue weighted by Gasteiger charge is -2.26. The summed E-state index contributed by atoms with van der Waals surface area (Å²) in [5.41, 5.74) is 2.80. The van der Waals surface area contributed by atoms with Crippen LogP contribution >= 0.6 is 0 Å². The Bertz CT molecular complexity index is 456. The first kappa shape index (κ1) is 10.6. The van der Waals surface area contributed by atoms with Crippen LogP contribution in [0.1, 0.15) is 31.2 Å². The minimum atomic E-state index is 0.360. The zero-order valence-electron chi connectivity index (χ0n) is 10.1. The second-order valence-corrected chi connectivity index (χ2v) is 4.85.